The number of esters is 1. The molecular weight excluding hydrogens is 693 g/mol. The van der Waals surface area contributed by atoms with Gasteiger partial charge < -0.3 is 14.0 Å². The van der Waals surface area contributed by atoms with Crippen LogP contribution >= 0.6 is 0 Å². The minimum atomic E-state index is -0.660. The number of aromatic nitrogens is 4. The summed E-state index contributed by atoms with van der Waals surface area (Å²) in [5.74, 6) is 4.78. The summed E-state index contributed by atoms with van der Waals surface area (Å²) >= 11 is 0. The molecule has 0 N–H and O–H groups in total. The number of terminal acetylenes is 2. The molecule has 2 aliphatic rings. The Morgan fingerprint density at radius 1 is 0.691 bits per heavy atom. The zero-order chi connectivity index (χ0) is 37.9. The van der Waals surface area contributed by atoms with E-state index in [2.05, 4.69) is 40.9 Å². The van der Waals surface area contributed by atoms with E-state index >= 15 is 0 Å². The third-order valence-electron chi connectivity index (χ3n) is 9.63. The number of carbonyl (C=O) groups excluding carboxylic acids is 1. The summed E-state index contributed by atoms with van der Waals surface area (Å²) in [7, 11) is 0. The van der Waals surface area contributed by atoms with Crippen molar-refractivity contribution in [3.8, 4) is 36.1 Å². The van der Waals surface area contributed by atoms with Crippen LogP contribution in [-0.2, 0) is 38.9 Å². The first-order valence-electron chi connectivity index (χ1n) is 17.5. The van der Waals surface area contributed by atoms with Crippen molar-refractivity contribution in [2.75, 3.05) is 13.6 Å². The number of aliphatic imine (C=N–C) groups is 2. The van der Waals surface area contributed by atoms with Crippen molar-refractivity contribution in [1.82, 2.24) is 19.1 Å². The lowest BCUT2D eigenvalue weighted by atomic mass is 9.95. The van der Waals surface area contributed by atoms with Gasteiger partial charge in [-0.05, 0) is 61.4 Å². The monoisotopic (exact) mass is 726 g/mol. The lowest BCUT2D eigenvalue weighted by Crippen LogP contribution is -2.13. The fourth-order valence-electron chi connectivity index (χ4n) is 6.84. The molecule has 2 aromatic heterocycles. The second kappa shape index (κ2) is 15.2. The SMILES string of the molecule is C#Cc1ccc2c(c1)C(c1ccccc1C)=NCc1c(COOCOCOC(=O)c3ncn4c3CN=C(c3ccccc3C)c3cc(C#C)ccc3-4)ncn1-2. The molecule has 270 valence electrons. The first kappa shape index (κ1) is 35.2. The van der Waals surface area contributed by atoms with Crippen molar-refractivity contribution in [2.24, 2.45) is 9.98 Å². The van der Waals surface area contributed by atoms with Gasteiger partial charge in [0.1, 0.15) is 12.9 Å². The normalized spacial score (nSPS) is 12.7. The lowest BCUT2D eigenvalue weighted by Gasteiger charge is -2.14. The topological polar surface area (TPSA) is 114 Å². The van der Waals surface area contributed by atoms with Crippen molar-refractivity contribution < 1.29 is 24.0 Å². The fourth-order valence-corrected chi connectivity index (χ4v) is 6.84. The van der Waals surface area contributed by atoms with E-state index in [0.29, 0.717) is 17.9 Å². The van der Waals surface area contributed by atoms with E-state index in [-0.39, 0.29) is 32.4 Å². The van der Waals surface area contributed by atoms with Gasteiger partial charge in [-0.15, -0.1) is 12.8 Å². The number of rotatable bonds is 10. The van der Waals surface area contributed by atoms with Crippen LogP contribution in [0.1, 0.15) is 72.1 Å². The molecule has 0 unspecified atom stereocenters. The summed E-state index contributed by atoms with van der Waals surface area (Å²) in [6, 6.07) is 27.7. The molecule has 0 atom stereocenters. The standard InChI is InChI=1S/C44H34N6O5/c1-5-30-15-17-37-34(19-30)41(32-13-9-7-11-28(32)3)45-21-39-36(47-24-49(37)39)23-54-55-27-52-26-53-44(51)43-40-22-46-42(33-14-10-8-12-29(33)4)35-20-31(6-2)16-18-38(35)50(40)25-48-43/h1-2,7-20,24-25H,21-23,26-27H2,3-4H3. The lowest BCUT2D eigenvalue weighted by molar-refractivity contribution is -0.350. The highest BCUT2D eigenvalue weighted by atomic mass is 17.2. The molecular formula is C44H34N6O5. The zero-order valence-corrected chi connectivity index (χ0v) is 30.2. The van der Waals surface area contributed by atoms with Gasteiger partial charge in [0.25, 0.3) is 0 Å². The Morgan fingerprint density at radius 2 is 1.25 bits per heavy atom. The molecule has 0 saturated carbocycles. The Hall–Kier alpha value is -6.89. The van der Waals surface area contributed by atoms with Crippen LogP contribution in [0.3, 0.4) is 0 Å². The van der Waals surface area contributed by atoms with Gasteiger partial charge in [-0.3, -0.25) is 14.6 Å². The van der Waals surface area contributed by atoms with Crippen LogP contribution in [0.15, 0.2) is 108 Å². The van der Waals surface area contributed by atoms with E-state index in [0.717, 1.165) is 73.0 Å². The quantitative estimate of drug-likeness (QED) is 0.0392. The number of hydrogen-bond acceptors (Lipinski definition) is 9. The Labute approximate surface area is 317 Å². The molecule has 0 amide bonds. The van der Waals surface area contributed by atoms with Crippen molar-refractivity contribution >= 4 is 17.4 Å². The first-order valence-corrected chi connectivity index (χ1v) is 17.5. The second-order valence-electron chi connectivity index (χ2n) is 12.9. The van der Waals surface area contributed by atoms with Crippen LogP contribution in [0.4, 0.5) is 0 Å². The van der Waals surface area contributed by atoms with Crippen LogP contribution in [0.25, 0.3) is 11.4 Å². The molecule has 11 nitrogen and oxygen atoms in total. The molecule has 0 saturated heterocycles. The Morgan fingerprint density at radius 3 is 1.85 bits per heavy atom. The van der Waals surface area contributed by atoms with Crippen LogP contribution < -0.4 is 0 Å². The summed E-state index contributed by atoms with van der Waals surface area (Å²) in [6.07, 6.45) is 14.8. The largest absolute Gasteiger partial charge is 0.434 e. The fraction of sp³-hybridized carbons (Fsp3) is 0.159. The van der Waals surface area contributed by atoms with Crippen molar-refractivity contribution in [2.45, 2.75) is 33.5 Å². The number of imidazole rings is 2. The Bertz CT molecular complexity index is 2620. The molecule has 4 heterocycles. The van der Waals surface area contributed by atoms with Crippen LogP contribution in [-0.4, -0.2) is 50.1 Å². The maximum Gasteiger partial charge on any atom is 0.361 e. The summed E-state index contributed by atoms with van der Waals surface area (Å²) < 4.78 is 14.6. The van der Waals surface area contributed by atoms with Crippen molar-refractivity contribution in [1.29, 1.82) is 0 Å². The number of ether oxygens (including phenoxy) is 2. The van der Waals surface area contributed by atoms with Gasteiger partial charge in [0.15, 0.2) is 19.3 Å². The van der Waals surface area contributed by atoms with Gasteiger partial charge in [-0.1, -0.05) is 60.4 Å². The molecule has 8 rings (SSSR count). The predicted molar refractivity (Wildman–Crippen MR) is 206 cm³/mol. The number of benzene rings is 4. The molecule has 11 heteroatoms. The summed E-state index contributed by atoms with van der Waals surface area (Å²) in [4.78, 5) is 42.9. The van der Waals surface area contributed by atoms with Crippen LogP contribution in [0, 0.1) is 38.5 Å². The molecule has 0 aliphatic carbocycles. The molecule has 4 aromatic carbocycles. The number of aryl methyl sites for hydroxylation is 2. The number of fused-ring (bicyclic) bond motifs is 6. The van der Waals surface area contributed by atoms with E-state index in [1.54, 1.807) is 12.7 Å². The van der Waals surface area contributed by atoms with E-state index in [9.17, 15) is 4.79 Å². The highest BCUT2D eigenvalue weighted by Gasteiger charge is 2.27. The summed E-state index contributed by atoms with van der Waals surface area (Å²) in [5, 5.41) is 0. The summed E-state index contributed by atoms with van der Waals surface area (Å²) in [6.45, 7) is 4.00. The second-order valence-corrected chi connectivity index (χ2v) is 12.9. The minimum absolute atomic E-state index is 0.0363. The number of carbonyl (C=O) groups is 1. The predicted octanol–water partition coefficient (Wildman–Crippen LogP) is 6.58. The van der Waals surface area contributed by atoms with E-state index in [1.165, 1.54) is 0 Å². The highest BCUT2D eigenvalue weighted by molar-refractivity contribution is 6.17. The van der Waals surface area contributed by atoms with Crippen LogP contribution in [0.2, 0.25) is 0 Å². The molecule has 55 heavy (non-hydrogen) atoms. The van der Waals surface area contributed by atoms with Gasteiger partial charge in [-0.25, -0.2) is 24.5 Å². The first-order chi connectivity index (χ1) is 26.9. The highest BCUT2D eigenvalue weighted by Crippen LogP contribution is 2.30. The minimum Gasteiger partial charge on any atom is -0.434 e. The Balaban J connectivity index is 0.900. The molecule has 0 spiro atoms. The smallest absolute Gasteiger partial charge is 0.361 e. The van der Waals surface area contributed by atoms with Gasteiger partial charge in [0, 0.05) is 33.4 Å². The molecule has 0 fully saturated rings. The van der Waals surface area contributed by atoms with Crippen molar-refractivity contribution in [3.63, 3.8) is 0 Å². The van der Waals surface area contributed by atoms with Crippen molar-refractivity contribution in [3.05, 3.63) is 165 Å². The molecule has 2 aliphatic heterocycles. The third-order valence-corrected chi connectivity index (χ3v) is 9.63. The van der Waals surface area contributed by atoms with E-state index in [1.807, 2.05) is 88.9 Å². The van der Waals surface area contributed by atoms with Gasteiger partial charge in [-0.2, -0.15) is 0 Å². The Kier molecular flexibility index (Phi) is 9.73. The average molecular weight is 727 g/mol. The number of nitrogens with zero attached hydrogens (tertiary/aromatic N) is 6. The maximum atomic E-state index is 13.2. The molecule has 0 radical (unpaired) electrons. The molecule has 6 aromatic rings. The number of hydrogen-bond donors (Lipinski definition) is 0. The zero-order valence-electron chi connectivity index (χ0n) is 30.2. The van der Waals surface area contributed by atoms with Gasteiger partial charge in [0.2, 0.25) is 0 Å². The molecule has 0 bridgehead atoms. The van der Waals surface area contributed by atoms with Gasteiger partial charge >= 0.3 is 5.97 Å². The van der Waals surface area contributed by atoms with E-state index < -0.39 is 5.97 Å². The summed E-state index contributed by atoms with van der Waals surface area (Å²) in [5.41, 5.74) is 13.0. The average Bonchev–Trinajstić information content (AvgIpc) is 3.73. The third kappa shape index (κ3) is 6.76. The van der Waals surface area contributed by atoms with E-state index in [4.69, 9.17) is 42.1 Å². The van der Waals surface area contributed by atoms with Gasteiger partial charge in [0.05, 0.1) is 59.3 Å². The van der Waals surface area contributed by atoms with Crippen LogP contribution in [0.5, 0.6) is 0 Å². The maximum absolute atomic E-state index is 13.2.